The molecule has 1 aliphatic rings. The van der Waals surface area contributed by atoms with Crippen molar-refractivity contribution in [3.63, 3.8) is 0 Å². The number of hydrogen-bond donors (Lipinski definition) is 1. The number of nitrogens with zero attached hydrogens (tertiary/aromatic N) is 3. The monoisotopic (exact) mass is 355 g/mol. The minimum atomic E-state index is -0.912. The van der Waals surface area contributed by atoms with Crippen LogP contribution in [0.5, 0.6) is 5.75 Å². The summed E-state index contributed by atoms with van der Waals surface area (Å²) in [5.74, 6) is -0.104. The van der Waals surface area contributed by atoms with Crippen LogP contribution in [-0.4, -0.2) is 40.2 Å². The molecule has 0 aliphatic carbocycles. The summed E-state index contributed by atoms with van der Waals surface area (Å²) in [7, 11) is 0. The Morgan fingerprint density at radius 3 is 2.84 bits per heavy atom. The first-order valence-corrected chi connectivity index (χ1v) is 8.96. The van der Waals surface area contributed by atoms with Gasteiger partial charge in [-0.25, -0.2) is 9.78 Å². The van der Waals surface area contributed by atoms with Crippen LogP contribution in [0.4, 0.5) is 5.13 Å². The molecule has 1 saturated heterocycles. The Kier molecular flexibility index (Phi) is 4.23. The minimum absolute atomic E-state index is 0.188. The number of aromatic nitrogens is 2. The second kappa shape index (κ2) is 6.68. The molecule has 0 saturated carbocycles. The normalized spacial score (nSPS) is 15.4. The number of benzene rings is 1. The van der Waals surface area contributed by atoms with Gasteiger partial charge in [-0.2, -0.15) is 0 Å². The molecule has 0 atom stereocenters. The molecule has 7 heteroatoms. The molecule has 0 bridgehead atoms. The Balaban J connectivity index is 1.43. The highest BCUT2D eigenvalue weighted by molar-refractivity contribution is 7.22. The van der Waals surface area contributed by atoms with Crippen LogP contribution in [0.25, 0.3) is 10.2 Å². The van der Waals surface area contributed by atoms with Gasteiger partial charge < -0.3 is 14.7 Å². The summed E-state index contributed by atoms with van der Waals surface area (Å²) in [5.41, 5.74) is 1.14. The van der Waals surface area contributed by atoms with Gasteiger partial charge in [0.25, 0.3) is 0 Å². The van der Waals surface area contributed by atoms with E-state index in [0.29, 0.717) is 5.56 Å². The molecule has 0 unspecified atom stereocenters. The summed E-state index contributed by atoms with van der Waals surface area (Å²) in [6.07, 6.45) is 5.50. The van der Waals surface area contributed by atoms with Crippen LogP contribution in [0.2, 0.25) is 0 Å². The number of thiazole rings is 1. The van der Waals surface area contributed by atoms with Gasteiger partial charge >= 0.3 is 5.97 Å². The quantitative estimate of drug-likeness (QED) is 0.773. The maximum atomic E-state index is 11.1. The van der Waals surface area contributed by atoms with Crippen LogP contribution in [0.15, 0.2) is 42.7 Å². The van der Waals surface area contributed by atoms with Crippen LogP contribution in [0.1, 0.15) is 23.2 Å². The first-order valence-electron chi connectivity index (χ1n) is 8.14. The Bertz CT molecular complexity index is 889. The summed E-state index contributed by atoms with van der Waals surface area (Å²) in [4.78, 5) is 22.1. The second-order valence-electron chi connectivity index (χ2n) is 5.98. The Morgan fingerprint density at radius 2 is 2.12 bits per heavy atom. The van der Waals surface area contributed by atoms with E-state index in [9.17, 15) is 4.79 Å². The number of rotatable bonds is 4. The van der Waals surface area contributed by atoms with E-state index in [1.807, 2.05) is 12.1 Å². The molecular formula is C18H17N3O3S. The van der Waals surface area contributed by atoms with Crippen LogP contribution in [0.3, 0.4) is 0 Å². The van der Waals surface area contributed by atoms with Crippen molar-refractivity contribution in [2.75, 3.05) is 18.0 Å². The molecule has 0 radical (unpaired) electrons. The summed E-state index contributed by atoms with van der Waals surface area (Å²) in [6, 6.07) is 8.86. The molecule has 1 N–H and O–H groups in total. The van der Waals surface area contributed by atoms with Crippen molar-refractivity contribution in [1.29, 1.82) is 0 Å². The molecule has 2 aromatic heterocycles. The fourth-order valence-electron chi connectivity index (χ4n) is 2.95. The zero-order chi connectivity index (χ0) is 17.2. The van der Waals surface area contributed by atoms with E-state index in [2.05, 4.69) is 14.9 Å². The molecule has 1 aliphatic heterocycles. The number of ether oxygens (including phenoxy) is 1. The van der Waals surface area contributed by atoms with E-state index < -0.39 is 5.97 Å². The highest BCUT2D eigenvalue weighted by Crippen LogP contribution is 2.31. The molecule has 6 nitrogen and oxygen atoms in total. The first-order chi connectivity index (χ1) is 12.2. The van der Waals surface area contributed by atoms with E-state index >= 15 is 0 Å². The number of fused-ring (bicyclic) bond motifs is 1. The second-order valence-corrected chi connectivity index (χ2v) is 6.99. The molecule has 128 valence electrons. The fourth-order valence-corrected chi connectivity index (χ4v) is 4.01. The highest BCUT2D eigenvalue weighted by atomic mass is 32.1. The minimum Gasteiger partial charge on any atom is -0.489 e. The van der Waals surface area contributed by atoms with Gasteiger partial charge in [0, 0.05) is 32.1 Å². The number of hydrogen-bond acceptors (Lipinski definition) is 6. The number of aromatic carboxylic acids is 1. The maximum Gasteiger partial charge on any atom is 0.335 e. The summed E-state index contributed by atoms with van der Waals surface area (Å²) in [6.45, 7) is 1.74. The molecule has 25 heavy (non-hydrogen) atoms. The van der Waals surface area contributed by atoms with E-state index in [4.69, 9.17) is 9.84 Å². The third-order valence-corrected chi connectivity index (χ3v) is 5.35. The van der Waals surface area contributed by atoms with Crippen molar-refractivity contribution < 1.29 is 14.6 Å². The van der Waals surface area contributed by atoms with Gasteiger partial charge in [0.1, 0.15) is 11.9 Å². The Labute approximate surface area is 148 Å². The fraction of sp³-hybridized carbons (Fsp3) is 0.278. The van der Waals surface area contributed by atoms with E-state index in [1.54, 1.807) is 41.9 Å². The molecule has 0 amide bonds. The number of carbonyl (C=O) groups is 1. The van der Waals surface area contributed by atoms with Crippen molar-refractivity contribution >= 4 is 32.7 Å². The van der Waals surface area contributed by atoms with Gasteiger partial charge in [-0.3, -0.25) is 4.98 Å². The SMILES string of the molecule is O=C(O)c1ccc2nc(N3CCC(Oc4cccnc4)CC3)sc2c1. The van der Waals surface area contributed by atoms with Gasteiger partial charge in [0.15, 0.2) is 5.13 Å². The molecule has 4 rings (SSSR count). The van der Waals surface area contributed by atoms with E-state index in [1.165, 1.54) is 0 Å². The van der Waals surface area contributed by atoms with Crippen molar-refractivity contribution in [2.24, 2.45) is 0 Å². The molecule has 3 heterocycles. The molecule has 1 fully saturated rings. The lowest BCUT2D eigenvalue weighted by Gasteiger charge is -2.31. The Hall–Kier alpha value is -2.67. The number of carboxylic acid groups (broad SMARTS) is 1. The van der Waals surface area contributed by atoms with Crippen molar-refractivity contribution in [1.82, 2.24) is 9.97 Å². The van der Waals surface area contributed by atoms with E-state index in [-0.39, 0.29) is 6.10 Å². The summed E-state index contributed by atoms with van der Waals surface area (Å²) < 4.78 is 6.88. The van der Waals surface area contributed by atoms with Gasteiger partial charge in [-0.1, -0.05) is 11.3 Å². The predicted octanol–water partition coefficient (Wildman–Crippen LogP) is 3.44. The molecule has 1 aromatic carbocycles. The number of pyridine rings is 1. The lowest BCUT2D eigenvalue weighted by molar-refractivity contribution is 0.0697. The van der Waals surface area contributed by atoms with Gasteiger partial charge in [0.2, 0.25) is 0 Å². The van der Waals surface area contributed by atoms with Crippen LogP contribution < -0.4 is 9.64 Å². The lowest BCUT2D eigenvalue weighted by atomic mass is 10.1. The van der Waals surface area contributed by atoms with E-state index in [0.717, 1.165) is 47.0 Å². The zero-order valence-corrected chi connectivity index (χ0v) is 14.3. The topological polar surface area (TPSA) is 75.5 Å². The molecular weight excluding hydrogens is 338 g/mol. The van der Waals surface area contributed by atoms with Crippen LogP contribution in [0, 0.1) is 0 Å². The predicted molar refractivity (Wildman–Crippen MR) is 96.7 cm³/mol. The molecule has 0 spiro atoms. The van der Waals surface area contributed by atoms with Gasteiger partial charge in [-0.15, -0.1) is 0 Å². The third-order valence-electron chi connectivity index (χ3n) is 4.27. The Morgan fingerprint density at radius 1 is 1.28 bits per heavy atom. The third kappa shape index (κ3) is 3.41. The first kappa shape index (κ1) is 15.8. The van der Waals surface area contributed by atoms with Gasteiger partial charge in [-0.05, 0) is 30.3 Å². The maximum absolute atomic E-state index is 11.1. The molecule has 3 aromatic rings. The zero-order valence-electron chi connectivity index (χ0n) is 13.5. The van der Waals surface area contributed by atoms with Crippen LogP contribution >= 0.6 is 11.3 Å². The number of piperidine rings is 1. The van der Waals surface area contributed by atoms with Crippen molar-refractivity contribution in [3.8, 4) is 5.75 Å². The number of carboxylic acids is 1. The average molecular weight is 355 g/mol. The average Bonchev–Trinajstić information content (AvgIpc) is 3.06. The lowest BCUT2D eigenvalue weighted by Crippen LogP contribution is -2.38. The largest absolute Gasteiger partial charge is 0.489 e. The summed E-state index contributed by atoms with van der Waals surface area (Å²) >= 11 is 1.54. The highest BCUT2D eigenvalue weighted by Gasteiger charge is 2.23. The van der Waals surface area contributed by atoms with Crippen molar-refractivity contribution in [3.05, 3.63) is 48.3 Å². The number of anilines is 1. The van der Waals surface area contributed by atoms with Gasteiger partial charge in [0.05, 0.1) is 22.0 Å². The van der Waals surface area contributed by atoms with Crippen LogP contribution in [-0.2, 0) is 0 Å². The standard InChI is InChI=1S/C18H17N3O3S/c22-17(23)12-3-4-15-16(10-12)25-18(20-15)21-8-5-13(6-9-21)24-14-2-1-7-19-11-14/h1-4,7,10-11,13H,5-6,8-9H2,(H,22,23). The summed E-state index contributed by atoms with van der Waals surface area (Å²) in [5, 5.41) is 10.0. The smallest absolute Gasteiger partial charge is 0.335 e. The van der Waals surface area contributed by atoms with Crippen molar-refractivity contribution in [2.45, 2.75) is 18.9 Å².